The Morgan fingerprint density at radius 2 is 2.29 bits per heavy atom. The van der Waals surface area contributed by atoms with Crippen LogP contribution in [0, 0.1) is 0 Å². The normalized spacial score (nSPS) is 12.9. The summed E-state index contributed by atoms with van der Waals surface area (Å²) in [5.74, 6) is 0. The third-order valence-corrected chi connectivity index (χ3v) is 2.67. The van der Waals surface area contributed by atoms with Gasteiger partial charge in [0.2, 0.25) is 0 Å². The number of rotatable bonds is 4. The number of aldehydes is 1. The van der Waals surface area contributed by atoms with Crippen molar-refractivity contribution in [2.75, 3.05) is 0 Å². The summed E-state index contributed by atoms with van der Waals surface area (Å²) >= 11 is 1.53. The van der Waals surface area contributed by atoms with E-state index in [1.54, 1.807) is 20.8 Å². The summed E-state index contributed by atoms with van der Waals surface area (Å²) in [6.07, 6.45) is 0.533. The predicted octanol–water partition coefficient (Wildman–Crippen LogP) is 2.90. The molecular formula is C12H17NO3S. The lowest BCUT2D eigenvalue weighted by molar-refractivity contribution is -0.108. The quantitative estimate of drug-likeness (QED) is 0.842. The van der Waals surface area contributed by atoms with Gasteiger partial charge in [-0.25, -0.2) is 4.79 Å². The van der Waals surface area contributed by atoms with E-state index >= 15 is 0 Å². The lowest BCUT2D eigenvalue weighted by Gasteiger charge is -2.22. The SMILES string of the molecule is CC(C)(C)OC(=O)N[C@H](CC=O)c1ccsc1. The van der Waals surface area contributed by atoms with Crippen LogP contribution in [-0.4, -0.2) is 18.0 Å². The predicted molar refractivity (Wildman–Crippen MR) is 67.1 cm³/mol. The Labute approximate surface area is 105 Å². The van der Waals surface area contributed by atoms with Crippen molar-refractivity contribution < 1.29 is 14.3 Å². The molecule has 1 heterocycles. The number of hydrogen-bond donors (Lipinski definition) is 1. The van der Waals surface area contributed by atoms with E-state index in [9.17, 15) is 9.59 Å². The highest BCUT2D eigenvalue weighted by molar-refractivity contribution is 7.07. The number of amides is 1. The second kappa shape index (κ2) is 5.82. The van der Waals surface area contributed by atoms with Crippen LogP contribution in [0.4, 0.5) is 4.79 Å². The Hall–Kier alpha value is -1.36. The lowest BCUT2D eigenvalue weighted by atomic mass is 10.1. The molecule has 0 bridgehead atoms. The summed E-state index contributed by atoms with van der Waals surface area (Å²) in [4.78, 5) is 22.2. The number of alkyl carbamates (subject to hydrolysis) is 1. The highest BCUT2D eigenvalue weighted by Crippen LogP contribution is 2.19. The number of carbonyl (C=O) groups excluding carboxylic acids is 2. The monoisotopic (exact) mass is 255 g/mol. The minimum Gasteiger partial charge on any atom is -0.444 e. The van der Waals surface area contributed by atoms with Crippen molar-refractivity contribution in [1.82, 2.24) is 5.32 Å². The molecule has 1 aromatic rings. The van der Waals surface area contributed by atoms with E-state index in [4.69, 9.17) is 4.74 Å². The molecule has 0 saturated carbocycles. The number of carbonyl (C=O) groups is 2. The fraction of sp³-hybridized carbons (Fsp3) is 0.500. The van der Waals surface area contributed by atoms with Crippen LogP contribution in [0.1, 0.15) is 38.8 Å². The molecule has 1 N–H and O–H groups in total. The molecule has 1 rings (SSSR count). The van der Waals surface area contributed by atoms with E-state index in [-0.39, 0.29) is 12.5 Å². The lowest BCUT2D eigenvalue weighted by Crippen LogP contribution is -2.35. The molecule has 0 radical (unpaired) electrons. The van der Waals surface area contributed by atoms with Gasteiger partial charge in [0, 0.05) is 6.42 Å². The van der Waals surface area contributed by atoms with Gasteiger partial charge in [-0.15, -0.1) is 0 Å². The molecule has 17 heavy (non-hydrogen) atoms. The standard InChI is InChI=1S/C12H17NO3S/c1-12(2,3)16-11(15)13-10(4-6-14)9-5-7-17-8-9/h5-8,10H,4H2,1-3H3,(H,13,15)/t10-/m1/s1. The Bertz CT molecular complexity index is 368. The van der Waals surface area contributed by atoms with Crippen LogP contribution in [0.3, 0.4) is 0 Å². The molecule has 94 valence electrons. The highest BCUT2D eigenvalue weighted by Gasteiger charge is 2.20. The van der Waals surface area contributed by atoms with Gasteiger partial charge in [0.1, 0.15) is 11.9 Å². The van der Waals surface area contributed by atoms with Crippen molar-refractivity contribution in [3.8, 4) is 0 Å². The highest BCUT2D eigenvalue weighted by atomic mass is 32.1. The molecule has 0 spiro atoms. The van der Waals surface area contributed by atoms with Crippen molar-refractivity contribution >= 4 is 23.7 Å². The van der Waals surface area contributed by atoms with Crippen LogP contribution in [-0.2, 0) is 9.53 Å². The number of thiophene rings is 1. The third kappa shape index (κ3) is 4.99. The molecule has 0 aliphatic rings. The van der Waals surface area contributed by atoms with Crippen molar-refractivity contribution in [2.24, 2.45) is 0 Å². The van der Waals surface area contributed by atoms with Gasteiger partial charge in [0.25, 0.3) is 0 Å². The summed E-state index contributed by atoms with van der Waals surface area (Å²) in [6, 6.07) is 1.57. The average Bonchev–Trinajstić information content (AvgIpc) is 2.66. The zero-order valence-electron chi connectivity index (χ0n) is 10.2. The van der Waals surface area contributed by atoms with E-state index in [2.05, 4.69) is 5.32 Å². The van der Waals surface area contributed by atoms with E-state index in [0.29, 0.717) is 0 Å². The number of hydrogen-bond acceptors (Lipinski definition) is 4. The van der Waals surface area contributed by atoms with Crippen LogP contribution in [0.2, 0.25) is 0 Å². The number of nitrogens with one attached hydrogen (secondary N) is 1. The molecule has 0 fully saturated rings. The van der Waals surface area contributed by atoms with Crippen LogP contribution < -0.4 is 5.32 Å². The maximum Gasteiger partial charge on any atom is 0.408 e. The minimum atomic E-state index is -0.537. The fourth-order valence-electron chi connectivity index (χ4n) is 1.30. The molecular weight excluding hydrogens is 238 g/mol. The van der Waals surface area contributed by atoms with Gasteiger partial charge in [-0.05, 0) is 43.2 Å². The van der Waals surface area contributed by atoms with Crippen molar-refractivity contribution in [3.63, 3.8) is 0 Å². The molecule has 0 aliphatic heterocycles. The van der Waals surface area contributed by atoms with Crippen LogP contribution >= 0.6 is 11.3 Å². The Kier molecular flexibility index (Phi) is 4.69. The van der Waals surface area contributed by atoms with Gasteiger partial charge in [-0.2, -0.15) is 11.3 Å². The maximum absolute atomic E-state index is 11.6. The maximum atomic E-state index is 11.6. The van der Waals surface area contributed by atoms with Crippen LogP contribution in [0.5, 0.6) is 0 Å². The molecule has 0 saturated heterocycles. The third-order valence-electron chi connectivity index (χ3n) is 1.97. The Morgan fingerprint density at radius 3 is 2.76 bits per heavy atom. The Morgan fingerprint density at radius 1 is 1.59 bits per heavy atom. The second-order valence-corrected chi connectivity index (χ2v) is 5.44. The van der Waals surface area contributed by atoms with Gasteiger partial charge in [0.15, 0.2) is 0 Å². The first kappa shape index (κ1) is 13.7. The molecule has 0 unspecified atom stereocenters. The summed E-state index contributed by atoms with van der Waals surface area (Å²) in [5, 5.41) is 6.51. The molecule has 1 atom stereocenters. The second-order valence-electron chi connectivity index (χ2n) is 4.66. The minimum absolute atomic E-state index is 0.246. The van der Waals surface area contributed by atoms with Crippen molar-refractivity contribution in [3.05, 3.63) is 22.4 Å². The first-order chi connectivity index (χ1) is 7.92. The van der Waals surface area contributed by atoms with Crippen molar-refractivity contribution in [2.45, 2.75) is 38.8 Å². The van der Waals surface area contributed by atoms with Crippen LogP contribution in [0.25, 0.3) is 0 Å². The van der Waals surface area contributed by atoms with Gasteiger partial charge >= 0.3 is 6.09 Å². The summed E-state index contributed by atoms with van der Waals surface area (Å²) in [6.45, 7) is 5.39. The number of ether oxygens (including phenoxy) is 1. The van der Waals surface area contributed by atoms with E-state index in [0.717, 1.165) is 11.8 Å². The van der Waals surface area contributed by atoms with Gasteiger partial charge in [-0.1, -0.05) is 0 Å². The van der Waals surface area contributed by atoms with E-state index in [1.165, 1.54) is 11.3 Å². The van der Waals surface area contributed by atoms with Gasteiger partial charge < -0.3 is 14.8 Å². The van der Waals surface area contributed by atoms with E-state index < -0.39 is 11.7 Å². The van der Waals surface area contributed by atoms with Gasteiger partial charge in [-0.3, -0.25) is 0 Å². The zero-order valence-corrected chi connectivity index (χ0v) is 11.0. The topological polar surface area (TPSA) is 55.4 Å². The molecule has 4 nitrogen and oxygen atoms in total. The summed E-state index contributed by atoms with van der Waals surface area (Å²) in [5.41, 5.74) is 0.387. The van der Waals surface area contributed by atoms with Gasteiger partial charge in [0.05, 0.1) is 6.04 Å². The molecule has 5 heteroatoms. The van der Waals surface area contributed by atoms with Crippen molar-refractivity contribution in [1.29, 1.82) is 0 Å². The molecule has 0 aliphatic carbocycles. The molecule has 1 aromatic heterocycles. The zero-order chi connectivity index (χ0) is 12.9. The van der Waals surface area contributed by atoms with E-state index in [1.807, 2.05) is 16.8 Å². The fourth-order valence-corrected chi connectivity index (χ4v) is 2.01. The van der Waals surface area contributed by atoms with Crippen LogP contribution in [0.15, 0.2) is 16.8 Å². The average molecular weight is 255 g/mol. The molecule has 0 aromatic carbocycles. The largest absolute Gasteiger partial charge is 0.444 e. The first-order valence-corrected chi connectivity index (χ1v) is 6.32. The molecule has 1 amide bonds. The Balaban J connectivity index is 2.62. The summed E-state index contributed by atoms with van der Waals surface area (Å²) in [7, 11) is 0. The first-order valence-electron chi connectivity index (χ1n) is 5.37. The smallest absolute Gasteiger partial charge is 0.408 e. The summed E-state index contributed by atoms with van der Waals surface area (Å²) < 4.78 is 5.15.